The zero-order chi connectivity index (χ0) is 9.42. The average molecular weight is 256 g/mol. The number of anilines is 1. The molecule has 3 nitrogen and oxygen atoms in total. The fourth-order valence-electron chi connectivity index (χ4n) is 1.32. The highest BCUT2D eigenvalue weighted by Crippen LogP contribution is 2.19. The molecule has 2 rings (SSSR count). The maximum atomic E-state index is 11.2. The zero-order valence-corrected chi connectivity index (χ0v) is 9.32. The number of benzene rings is 1. The summed E-state index contributed by atoms with van der Waals surface area (Å²) in [5.74, 6) is 0. The van der Waals surface area contributed by atoms with Crippen molar-refractivity contribution in [3.05, 3.63) is 40.2 Å². The Balaban J connectivity index is 0.000000980. The Morgan fingerprint density at radius 2 is 1.93 bits per heavy atom. The predicted octanol–water partition coefficient (Wildman–Crippen LogP) is 2.26. The highest BCUT2D eigenvalue weighted by Gasteiger charge is 2.06. The monoisotopic (exact) mass is 255 g/mol. The van der Waals surface area contributed by atoms with Crippen LogP contribution in [0.15, 0.2) is 33.5 Å². The largest absolute Gasteiger partial charge is 0.421 e. The summed E-state index contributed by atoms with van der Waals surface area (Å²) >= 11 is 0. The summed E-state index contributed by atoms with van der Waals surface area (Å²) < 4.78 is 4.99. The predicted molar refractivity (Wildman–Crippen MR) is 62.0 cm³/mol. The van der Waals surface area contributed by atoms with Gasteiger partial charge in [0.2, 0.25) is 0 Å². The first-order chi connectivity index (χ1) is 6.20. The van der Waals surface area contributed by atoms with Gasteiger partial charge in [-0.15, -0.1) is 17.0 Å². The van der Waals surface area contributed by atoms with Gasteiger partial charge >= 0.3 is 5.63 Å². The molecule has 0 amide bonds. The smallest absolute Gasteiger partial charge is 0.359 e. The van der Waals surface area contributed by atoms with E-state index in [0.717, 1.165) is 10.9 Å². The lowest BCUT2D eigenvalue weighted by Crippen LogP contribution is -2.08. The van der Waals surface area contributed by atoms with Crippen molar-refractivity contribution < 1.29 is 4.42 Å². The normalized spacial score (nSPS) is 9.79. The molecule has 0 spiro atoms. The molecule has 4 heteroatoms. The summed E-state index contributed by atoms with van der Waals surface area (Å²) in [4.78, 5) is 11.2. The summed E-state index contributed by atoms with van der Waals surface area (Å²) in [5, 5.41) is 0.889. The van der Waals surface area contributed by atoms with Gasteiger partial charge in [-0.05, 0) is 18.6 Å². The van der Waals surface area contributed by atoms with Crippen LogP contribution in [0.25, 0.3) is 11.0 Å². The molecule has 2 aromatic rings. The van der Waals surface area contributed by atoms with Gasteiger partial charge in [0.15, 0.2) is 0 Å². The number of para-hydroxylation sites is 1. The number of nitrogen functional groups attached to an aromatic ring is 1. The molecule has 74 valence electrons. The van der Waals surface area contributed by atoms with E-state index in [4.69, 9.17) is 10.2 Å². The minimum absolute atomic E-state index is 0. The fourth-order valence-corrected chi connectivity index (χ4v) is 1.32. The summed E-state index contributed by atoms with van der Waals surface area (Å²) in [7, 11) is 0. The van der Waals surface area contributed by atoms with Crippen molar-refractivity contribution in [1.29, 1.82) is 0 Å². The minimum Gasteiger partial charge on any atom is -0.421 e. The molecule has 0 saturated heterocycles. The molecule has 1 aromatic heterocycles. The van der Waals surface area contributed by atoms with E-state index in [0.29, 0.717) is 5.58 Å². The molecule has 1 heterocycles. The first-order valence-electron chi connectivity index (χ1n) is 3.98. The van der Waals surface area contributed by atoms with E-state index < -0.39 is 5.63 Å². The van der Waals surface area contributed by atoms with Gasteiger partial charge in [0.05, 0.1) is 0 Å². The van der Waals surface area contributed by atoms with Crippen LogP contribution in [0.5, 0.6) is 0 Å². The third-order valence-corrected chi connectivity index (χ3v) is 2.12. The molecule has 0 bridgehead atoms. The molecule has 2 N–H and O–H groups in total. The number of hydrogen-bond acceptors (Lipinski definition) is 3. The van der Waals surface area contributed by atoms with E-state index in [1.165, 1.54) is 0 Å². The van der Waals surface area contributed by atoms with Gasteiger partial charge in [-0.2, -0.15) is 0 Å². The first kappa shape index (κ1) is 10.8. The second kappa shape index (κ2) is 3.84. The average Bonchev–Trinajstić information content (AvgIpc) is 2.15. The topological polar surface area (TPSA) is 56.2 Å². The van der Waals surface area contributed by atoms with Gasteiger partial charge in [-0.25, -0.2) is 4.79 Å². The second-order valence-corrected chi connectivity index (χ2v) is 2.92. The third-order valence-electron chi connectivity index (χ3n) is 2.12. The number of rotatable bonds is 0. The van der Waals surface area contributed by atoms with Gasteiger partial charge in [-0.3, -0.25) is 0 Å². The molecule has 0 atom stereocenters. The van der Waals surface area contributed by atoms with Gasteiger partial charge in [0, 0.05) is 5.39 Å². The van der Waals surface area contributed by atoms with Crippen molar-refractivity contribution in [2.45, 2.75) is 6.92 Å². The van der Waals surface area contributed by atoms with Crippen molar-refractivity contribution >= 4 is 33.6 Å². The highest BCUT2D eigenvalue weighted by molar-refractivity contribution is 8.93. The Bertz CT molecular complexity index is 519. The Labute approximate surface area is 91.3 Å². The molecule has 0 aliphatic carbocycles. The summed E-state index contributed by atoms with van der Waals surface area (Å²) in [5.41, 5.74) is 6.64. The van der Waals surface area contributed by atoms with Crippen LogP contribution in [0.2, 0.25) is 0 Å². The Morgan fingerprint density at radius 1 is 1.29 bits per heavy atom. The van der Waals surface area contributed by atoms with Crippen LogP contribution in [0.4, 0.5) is 5.69 Å². The van der Waals surface area contributed by atoms with Gasteiger partial charge in [-0.1, -0.05) is 18.2 Å². The highest BCUT2D eigenvalue weighted by atomic mass is 79.9. The number of nitrogens with two attached hydrogens (primary N) is 1. The molecule has 0 radical (unpaired) electrons. The molecule has 0 aliphatic heterocycles. The van der Waals surface area contributed by atoms with E-state index in [2.05, 4.69) is 0 Å². The summed E-state index contributed by atoms with van der Waals surface area (Å²) in [6, 6.07) is 7.34. The van der Waals surface area contributed by atoms with Crippen LogP contribution in [-0.4, -0.2) is 0 Å². The number of halogens is 1. The SMILES string of the molecule is Br.Cc1c(N)c(=O)oc2ccccc12. The van der Waals surface area contributed by atoms with Gasteiger partial charge < -0.3 is 10.2 Å². The van der Waals surface area contributed by atoms with Crippen molar-refractivity contribution in [2.75, 3.05) is 5.73 Å². The van der Waals surface area contributed by atoms with Crippen molar-refractivity contribution in [3.8, 4) is 0 Å². The van der Waals surface area contributed by atoms with E-state index in [1.54, 1.807) is 6.07 Å². The molecule has 0 aliphatic rings. The van der Waals surface area contributed by atoms with Crippen LogP contribution >= 0.6 is 17.0 Å². The van der Waals surface area contributed by atoms with E-state index in [1.807, 2.05) is 25.1 Å². The van der Waals surface area contributed by atoms with E-state index in [-0.39, 0.29) is 22.7 Å². The Kier molecular flexibility index (Phi) is 2.96. The Hall–Kier alpha value is -1.29. The van der Waals surface area contributed by atoms with Gasteiger partial charge in [0.1, 0.15) is 11.3 Å². The van der Waals surface area contributed by atoms with Crippen LogP contribution in [-0.2, 0) is 0 Å². The minimum atomic E-state index is -0.462. The van der Waals surface area contributed by atoms with Crippen molar-refractivity contribution in [3.63, 3.8) is 0 Å². The quantitative estimate of drug-likeness (QED) is 0.735. The second-order valence-electron chi connectivity index (χ2n) is 2.92. The lowest BCUT2D eigenvalue weighted by Gasteiger charge is -2.01. The van der Waals surface area contributed by atoms with Crippen LogP contribution in [0.1, 0.15) is 5.56 Å². The lowest BCUT2D eigenvalue weighted by atomic mass is 10.1. The van der Waals surface area contributed by atoms with Crippen molar-refractivity contribution in [1.82, 2.24) is 0 Å². The standard InChI is InChI=1S/C10H9NO2.BrH/c1-6-7-4-2-3-5-8(7)13-10(12)9(6)11;/h2-5H,11H2,1H3;1H. The van der Waals surface area contributed by atoms with Crippen LogP contribution in [0.3, 0.4) is 0 Å². The zero-order valence-electron chi connectivity index (χ0n) is 7.61. The third kappa shape index (κ3) is 1.53. The molecule has 14 heavy (non-hydrogen) atoms. The molecule has 0 saturated carbocycles. The van der Waals surface area contributed by atoms with E-state index in [9.17, 15) is 4.79 Å². The van der Waals surface area contributed by atoms with Gasteiger partial charge in [0.25, 0.3) is 0 Å². The van der Waals surface area contributed by atoms with E-state index >= 15 is 0 Å². The Morgan fingerprint density at radius 3 is 2.64 bits per heavy atom. The molecular weight excluding hydrogens is 246 g/mol. The summed E-state index contributed by atoms with van der Waals surface area (Å²) in [6.45, 7) is 1.81. The molecular formula is C10H10BrNO2. The lowest BCUT2D eigenvalue weighted by molar-refractivity contribution is 0.563. The van der Waals surface area contributed by atoms with Crippen LogP contribution < -0.4 is 11.4 Å². The number of fused-ring (bicyclic) bond motifs is 1. The maximum Gasteiger partial charge on any atom is 0.359 e. The number of hydrogen-bond donors (Lipinski definition) is 1. The molecule has 1 aromatic carbocycles. The maximum absolute atomic E-state index is 11.2. The molecule has 0 unspecified atom stereocenters. The summed E-state index contributed by atoms with van der Waals surface area (Å²) in [6.07, 6.45) is 0. The van der Waals surface area contributed by atoms with Crippen molar-refractivity contribution in [2.24, 2.45) is 0 Å². The van der Waals surface area contributed by atoms with Crippen LogP contribution in [0, 0.1) is 6.92 Å². The first-order valence-corrected chi connectivity index (χ1v) is 3.98. The molecule has 0 fully saturated rings. The number of aryl methyl sites for hydroxylation is 1. The fraction of sp³-hybridized carbons (Fsp3) is 0.100.